The lowest BCUT2D eigenvalue weighted by Gasteiger charge is -2.20. The van der Waals surface area contributed by atoms with Gasteiger partial charge in [0.05, 0.1) is 39.5 Å². The van der Waals surface area contributed by atoms with Crippen LogP contribution in [0.3, 0.4) is 0 Å². The van der Waals surface area contributed by atoms with E-state index in [2.05, 4.69) is 5.32 Å². The van der Waals surface area contributed by atoms with Gasteiger partial charge in [0.15, 0.2) is 0 Å². The first-order valence-corrected chi connectivity index (χ1v) is 8.93. The summed E-state index contributed by atoms with van der Waals surface area (Å²) in [5.41, 5.74) is 1.59. The number of carbonyl (C=O) groups is 1. The Labute approximate surface area is 164 Å². The first-order chi connectivity index (χ1) is 13.6. The number of hydrogen-bond acceptors (Lipinski definition) is 4. The Balaban J connectivity index is 1.82. The molecule has 0 unspecified atom stereocenters. The Kier molecular flexibility index (Phi) is 6.22. The highest BCUT2D eigenvalue weighted by atomic mass is 16.5. The van der Waals surface area contributed by atoms with Crippen molar-refractivity contribution in [2.45, 2.75) is 12.5 Å². The van der Waals surface area contributed by atoms with Crippen LogP contribution in [0.2, 0.25) is 0 Å². The van der Waals surface area contributed by atoms with Gasteiger partial charge in [-0.2, -0.15) is 0 Å². The van der Waals surface area contributed by atoms with E-state index in [9.17, 15) is 4.79 Å². The van der Waals surface area contributed by atoms with E-state index >= 15 is 0 Å². The maximum absolute atomic E-state index is 12.8. The summed E-state index contributed by atoms with van der Waals surface area (Å²) < 4.78 is 17.9. The predicted octanol–water partition coefficient (Wildman–Crippen LogP) is 4.13. The number of hydrogen-bond donors (Lipinski definition) is 1. The smallest absolute Gasteiger partial charge is 0.226 e. The van der Waals surface area contributed by atoms with Gasteiger partial charge in [0, 0.05) is 18.5 Å². The second kappa shape index (κ2) is 8.99. The summed E-state index contributed by atoms with van der Waals surface area (Å²) in [4.78, 5) is 12.8. The fourth-order valence-electron chi connectivity index (χ4n) is 3.08. The van der Waals surface area contributed by atoms with Gasteiger partial charge in [-0.1, -0.05) is 12.1 Å². The summed E-state index contributed by atoms with van der Waals surface area (Å²) in [7, 11) is 4.78. The highest BCUT2D eigenvalue weighted by Gasteiger charge is 2.19. The lowest BCUT2D eigenvalue weighted by molar-refractivity contribution is -0.116. The topological polar surface area (TPSA) is 61.7 Å². The first kappa shape index (κ1) is 19.4. The standard InChI is InChI=1S/C22H24N2O4/c1-26-17-8-6-7-16(13-17)20(24-11-4-5-12-24)15-22(25)23-19-10-9-18(27-2)14-21(19)28-3/h4-14,20H,15H2,1-3H3,(H,23,25)/t20-/m0/s1. The Bertz CT molecular complexity index is 922. The van der Waals surface area contributed by atoms with E-state index in [1.165, 1.54) is 0 Å². The summed E-state index contributed by atoms with van der Waals surface area (Å²) in [6.45, 7) is 0. The molecular weight excluding hydrogens is 356 g/mol. The van der Waals surface area contributed by atoms with Gasteiger partial charge in [0.1, 0.15) is 17.2 Å². The maximum Gasteiger partial charge on any atom is 0.226 e. The largest absolute Gasteiger partial charge is 0.497 e. The molecule has 6 nitrogen and oxygen atoms in total. The molecule has 1 amide bonds. The molecule has 6 heteroatoms. The van der Waals surface area contributed by atoms with Crippen LogP contribution in [0.25, 0.3) is 0 Å². The van der Waals surface area contributed by atoms with Crippen LogP contribution in [0.4, 0.5) is 5.69 Å². The van der Waals surface area contributed by atoms with Crippen molar-refractivity contribution >= 4 is 11.6 Å². The second-order valence-electron chi connectivity index (χ2n) is 6.24. The van der Waals surface area contributed by atoms with Gasteiger partial charge in [-0.3, -0.25) is 4.79 Å². The molecule has 1 N–H and O–H groups in total. The van der Waals surface area contributed by atoms with Crippen molar-refractivity contribution in [2.75, 3.05) is 26.6 Å². The molecule has 2 aromatic carbocycles. The van der Waals surface area contributed by atoms with Gasteiger partial charge in [-0.25, -0.2) is 0 Å². The molecule has 1 aromatic heterocycles. The minimum atomic E-state index is -0.158. The third-order valence-corrected chi connectivity index (χ3v) is 4.53. The number of nitrogens with one attached hydrogen (secondary N) is 1. The van der Waals surface area contributed by atoms with Gasteiger partial charge < -0.3 is 24.1 Å². The monoisotopic (exact) mass is 380 g/mol. The molecule has 0 saturated heterocycles. The van der Waals surface area contributed by atoms with Crippen molar-refractivity contribution in [3.05, 3.63) is 72.6 Å². The summed E-state index contributed by atoms with van der Waals surface area (Å²) in [5, 5.41) is 2.94. The second-order valence-corrected chi connectivity index (χ2v) is 6.24. The SMILES string of the molecule is COc1cccc([C@H](CC(=O)Nc2ccc(OC)cc2OC)n2cccc2)c1. The quantitative estimate of drug-likeness (QED) is 0.638. The molecule has 0 saturated carbocycles. The van der Waals surface area contributed by atoms with Crippen LogP contribution in [-0.2, 0) is 4.79 Å². The van der Waals surface area contributed by atoms with Crippen molar-refractivity contribution in [2.24, 2.45) is 0 Å². The summed E-state index contributed by atoms with van der Waals surface area (Å²) in [5.74, 6) is 1.85. The van der Waals surface area contributed by atoms with Crippen molar-refractivity contribution < 1.29 is 19.0 Å². The molecule has 3 aromatic rings. The molecule has 0 aliphatic rings. The molecule has 28 heavy (non-hydrogen) atoms. The molecule has 0 fully saturated rings. The van der Waals surface area contributed by atoms with E-state index in [4.69, 9.17) is 14.2 Å². The average Bonchev–Trinajstić information content (AvgIpc) is 3.27. The highest BCUT2D eigenvalue weighted by Crippen LogP contribution is 2.30. The fraction of sp³-hybridized carbons (Fsp3) is 0.227. The van der Waals surface area contributed by atoms with E-state index in [0.717, 1.165) is 11.3 Å². The predicted molar refractivity (Wildman–Crippen MR) is 108 cm³/mol. The number of aromatic nitrogens is 1. The zero-order chi connectivity index (χ0) is 19.9. The first-order valence-electron chi connectivity index (χ1n) is 8.93. The zero-order valence-electron chi connectivity index (χ0n) is 16.2. The molecule has 0 radical (unpaired) electrons. The van der Waals surface area contributed by atoms with Gasteiger partial charge in [0.25, 0.3) is 0 Å². The van der Waals surface area contributed by atoms with Crippen LogP contribution in [0.15, 0.2) is 67.0 Å². The summed E-state index contributed by atoms with van der Waals surface area (Å²) >= 11 is 0. The van der Waals surface area contributed by atoms with E-state index in [1.807, 2.05) is 53.4 Å². The number of benzene rings is 2. The van der Waals surface area contributed by atoms with Crippen LogP contribution in [0, 0.1) is 0 Å². The molecule has 0 bridgehead atoms. The summed E-state index contributed by atoms with van der Waals surface area (Å²) in [6.07, 6.45) is 4.16. The number of methoxy groups -OCH3 is 3. The number of amides is 1. The van der Waals surface area contributed by atoms with E-state index in [-0.39, 0.29) is 18.4 Å². The number of ether oxygens (including phenoxy) is 3. The molecule has 1 atom stereocenters. The molecular formula is C22H24N2O4. The van der Waals surface area contributed by atoms with Crippen molar-refractivity contribution in [3.63, 3.8) is 0 Å². The number of carbonyl (C=O) groups excluding carboxylic acids is 1. The Morgan fingerprint density at radius 2 is 1.64 bits per heavy atom. The Morgan fingerprint density at radius 3 is 2.32 bits per heavy atom. The molecule has 0 aliphatic heterocycles. The van der Waals surface area contributed by atoms with Crippen LogP contribution in [0.5, 0.6) is 17.2 Å². The van der Waals surface area contributed by atoms with Crippen LogP contribution in [-0.4, -0.2) is 31.8 Å². The third kappa shape index (κ3) is 4.46. The normalized spacial score (nSPS) is 11.5. The van der Waals surface area contributed by atoms with Gasteiger partial charge in [0.2, 0.25) is 5.91 Å². The van der Waals surface area contributed by atoms with E-state index in [1.54, 1.807) is 39.5 Å². The summed E-state index contributed by atoms with van der Waals surface area (Å²) in [6, 6.07) is 16.8. The van der Waals surface area contributed by atoms with Crippen molar-refractivity contribution in [1.82, 2.24) is 4.57 Å². The number of anilines is 1. The maximum atomic E-state index is 12.8. The fourth-order valence-corrected chi connectivity index (χ4v) is 3.08. The van der Waals surface area contributed by atoms with Crippen LogP contribution >= 0.6 is 0 Å². The third-order valence-electron chi connectivity index (χ3n) is 4.53. The van der Waals surface area contributed by atoms with E-state index < -0.39 is 0 Å². The van der Waals surface area contributed by atoms with Gasteiger partial charge >= 0.3 is 0 Å². The van der Waals surface area contributed by atoms with Gasteiger partial charge in [-0.05, 0) is 42.0 Å². The van der Waals surface area contributed by atoms with Crippen LogP contribution in [0.1, 0.15) is 18.0 Å². The number of nitrogens with zero attached hydrogens (tertiary/aromatic N) is 1. The minimum absolute atomic E-state index is 0.120. The van der Waals surface area contributed by atoms with Crippen LogP contribution < -0.4 is 19.5 Å². The Hall–Kier alpha value is -3.41. The Morgan fingerprint density at radius 1 is 0.929 bits per heavy atom. The van der Waals surface area contributed by atoms with E-state index in [0.29, 0.717) is 17.2 Å². The lowest BCUT2D eigenvalue weighted by atomic mass is 10.0. The molecule has 1 heterocycles. The molecule has 0 spiro atoms. The number of rotatable bonds is 8. The molecule has 0 aliphatic carbocycles. The van der Waals surface area contributed by atoms with Crippen molar-refractivity contribution in [3.8, 4) is 17.2 Å². The van der Waals surface area contributed by atoms with Crippen molar-refractivity contribution in [1.29, 1.82) is 0 Å². The minimum Gasteiger partial charge on any atom is -0.497 e. The highest BCUT2D eigenvalue weighted by molar-refractivity contribution is 5.93. The van der Waals surface area contributed by atoms with Gasteiger partial charge in [-0.15, -0.1) is 0 Å². The molecule has 146 valence electrons. The zero-order valence-corrected chi connectivity index (χ0v) is 16.2. The average molecular weight is 380 g/mol. The lowest BCUT2D eigenvalue weighted by Crippen LogP contribution is -2.20. The molecule has 3 rings (SSSR count).